The average Bonchev–Trinajstić information content (AvgIpc) is 2.86. The summed E-state index contributed by atoms with van der Waals surface area (Å²) in [5.41, 5.74) is 1.11. The zero-order valence-electron chi connectivity index (χ0n) is 12.9. The monoisotopic (exact) mass is 319 g/mol. The molecule has 2 rings (SSSR count). The van der Waals surface area contributed by atoms with Gasteiger partial charge in [-0.05, 0) is 25.0 Å². The Balaban J connectivity index is 2.11. The molecule has 0 aliphatic rings. The number of carbonyl (C=O) groups excluding carboxylic acids is 1. The summed E-state index contributed by atoms with van der Waals surface area (Å²) < 4.78 is 15.2. The van der Waals surface area contributed by atoms with Crippen LogP contribution in [0.1, 0.15) is 29.4 Å². The fourth-order valence-corrected chi connectivity index (χ4v) is 2.23. The van der Waals surface area contributed by atoms with Crippen LogP contribution in [0.3, 0.4) is 0 Å². The summed E-state index contributed by atoms with van der Waals surface area (Å²) in [5.74, 6) is -1.88. The maximum atomic E-state index is 13.8. The van der Waals surface area contributed by atoms with E-state index in [9.17, 15) is 14.0 Å². The van der Waals surface area contributed by atoms with E-state index in [-0.39, 0.29) is 30.5 Å². The van der Waals surface area contributed by atoms with Crippen molar-refractivity contribution < 1.29 is 19.1 Å². The number of carboxylic acid groups (broad SMARTS) is 1. The molecule has 1 aromatic carbocycles. The number of para-hydroxylation sites is 1. The zero-order valence-corrected chi connectivity index (χ0v) is 12.9. The summed E-state index contributed by atoms with van der Waals surface area (Å²) in [5, 5.41) is 15.4. The molecular formula is C16H18FN3O3. The van der Waals surface area contributed by atoms with Crippen LogP contribution in [0.15, 0.2) is 30.5 Å². The van der Waals surface area contributed by atoms with E-state index in [0.29, 0.717) is 11.3 Å². The smallest absolute Gasteiger partial charge is 0.303 e. The molecule has 23 heavy (non-hydrogen) atoms. The van der Waals surface area contributed by atoms with Crippen LogP contribution >= 0.6 is 0 Å². The number of hydrogen-bond donors (Lipinski definition) is 2. The maximum Gasteiger partial charge on any atom is 0.303 e. The Morgan fingerprint density at radius 2 is 2.09 bits per heavy atom. The molecule has 0 saturated carbocycles. The van der Waals surface area contributed by atoms with Gasteiger partial charge < -0.3 is 10.4 Å². The van der Waals surface area contributed by atoms with Gasteiger partial charge in [-0.25, -0.2) is 9.07 Å². The van der Waals surface area contributed by atoms with Crippen LogP contribution in [0.4, 0.5) is 4.39 Å². The van der Waals surface area contributed by atoms with Crippen molar-refractivity contribution in [2.24, 2.45) is 5.92 Å². The van der Waals surface area contributed by atoms with Crippen LogP contribution in [0.2, 0.25) is 0 Å². The first kappa shape index (κ1) is 16.7. The van der Waals surface area contributed by atoms with Crippen molar-refractivity contribution in [3.8, 4) is 5.69 Å². The van der Waals surface area contributed by atoms with Gasteiger partial charge in [0, 0.05) is 13.0 Å². The molecule has 6 nitrogen and oxygen atoms in total. The lowest BCUT2D eigenvalue weighted by molar-refractivity contribution is -0.137. The van der Waals surface area contributed by atoms with Gasteiger partial charge in [-0.3, -0.25) is 9.59 Å². The quantitative estimate of drug-likeness (QED) is 0.854. The third-order valence-electron chi connectivity index (χ3n) is 3.47. The number of amides is 1. The Morgan fingerprint density at radius 3 is 2.74 bits per heavy atom. The highest BCUT2D eigenvalue weighted by atomic mass is 19.1. The lowest BCUT2D eigenvalue weighted by Gasteiger charge is -2.10. The first-order chi connectivity index (χ1) is 10.9. The summed E-state index contributed by atoms with van der Waals surface area (Å²) in [6, 6.07) is 6.16. The van der Waals surface area contributed by atoms with Crippen LogP contribution in [-0.4, -0.2) is 33.3 Å². The fourth-order valence-electron chi connectivity index (χ4n) is 2.23. The molecular weight excluding hydrogens is 301 g/mol. The number of rotatable bonds is 6. The topological polar surface area (TPSA) is 84.2 Å². The molecule has 1 aromatic heterocycles. The van der Waals surface area contributed by atoms with Gasteiger partial charge in [0.15, 0.2) is 0 Å². The Kier molecular flexibility index (Phi) is 5.10. The Labute approximate surface area is 132 Å². The molecule has 1 atom stereocenters. The van der Waals surface area contributed by atoms with E-state index in [1.54, 1.807) is 32.0 Å². The van der Waals surface area contributed by atoms with Gasteiger partial charge in [0.1, 0.15) is 11.5 Å². The summed E-state index contributed by atoms with van der Waals surface area (Å²) in [7, 11) is 0. The number of halogens is 1. The molecule has 0 radical (unpaired) electrons. The van der Waals surface area contributed by atoms with Crippen LogP contribution in [0.25, 0.3) is 5.69 Å². The van der Waals surface area contributed by atoms with Crippen molar-refractivity contribution in [2.75, 3.05) is 6.54 Å². The van der Waals surface area contributed by atoms with Crippen molar-refractivity contribution in [2.45, 2.75) is 20.3 Å². The summed E-state index contributed by atoms with van der Waals surface area (Å²) in [4.78, 5) is 22.8. The van der Waals surface area contributed by atoms with E-state index in [4.69, 9.17) is 5.11 Å². The normalized spacial score (nSPS) is 12.0. The van der Waals surface area contributed by atoms with Gasteiger partial charge in [0.2, 0.25) is 0 Å². The lowest BCUT2D eigenvalue weighted by Crippen LogP contribution is -2.29. The number of nitrogens with zero attached hydrogens (tertiary/aromatic N) is 2. The summed E-state index contributed by atoms with van der Waals surface area (Å²) in [6.07, 6.45) is 1.35. The van der Waals surface area contributed by atoms with Crippen LogP contribution < -0.4 is 5.32 Å². The first-order valence-electron chi connectivity index (χ1n) is 7.19. The van der Waals surface area contributed by atoms with Gasteiger partial charge >= 0.3 is 5.97 Å². The number of benzene rings is 1. The zero-order chi connectivity index (χ0) is 17.0. The lowest BCUT2D eigenvalue weighted by atomic mass is 10.1. The summed E-state index contributed by atoms with van der Waals surface area (Å²) >= 11 is 0. The van der Waals surface area contributed by atoms with Crippen LogP contribution in [0, 0.1) is 18.7 Å². The van der Waals surface area contributed by atoms with Crippen LogP contribution in [0.5, 0.6) is 0 Å². The number of aliphatic carboxylic acids is 1. The Hall–Kier alpha value is -2.70. The molecule has 1 unspecified atom stereocenters. The Morgan fingerprint density at radius 1 is 1.39 bits per heavy atom. The third kappa shape index (κ3) is 3.94. The van der Waals surface area contributed by atoms with E-state index in [1.165, 1.54) is 16.9 Å². The molecule has 7 heteroatoms. The maximum absolute atomic E-state index is 13.8. The van der Waals surface area contributed by atoms with Gasteiger partial charge in [-0.1, -0.05) is 19.1 Å². The minimum atomic E-state index is -0.907. The van der Waals surface area contributed by atoms with Gasteiger partial charge in [-0.2, -0.15) is 5.10 Å². The SMILES string of the molecule is Cc1c(C(=O)NCC(C)CC(=O)O)cnn1-c1ccccc1F. The molecule has 0 spiro atoms. The molecule has 0 bridgehead atoms. The second-order valence-electron chi connectivity index (χ2n) is 5.42. The second kappa shape index (κ2) is 7.04. The first-order valence-corrected chi connectivity index (χ1v) is 7.19. The van der Waals surface area contributed by atoms with Crippen molar-refractivity contribution in [1.29, 1.82) is 0 Å². The number of carbonyl (C=O) groups is 2. The predicted octanol–water partition coefficient (Wildman–Crippen LogP) is 2.16. The van der Waals surface area contributed by atoms with E-state index >= 15 is 0 Å². The number of carboxylic acids is 1. The highest BCUT2D eigenvalue weighted by molar-refractivity contribution is 5.95. The molecule has 2 aromatic rings. The van der Waals surface area contributed by atoms with Gasteiger partial charge in [0.05, 0.1) is 17.5 Å². The largest absolute Gasteiger partial charge is 0.481 e. The van der Waals surface area contributed by atoms with Crippen molar-refractivity contribution in [3.63, 3.8) is 0 Å². The molecule has 0 fully saturated rings. The molecule has 1 amide bonds. The average molecular weight is 319 g/mol. The van der Waals surface area contributed by atoms with E-state index in [0.717, 1.165) is 0 Å². The molecule has 1 heterocycles. The van der Waals surface area contributed by atoms with Crippen molar-refractivity contribution >= 4 is 11.9 Å². The minimum absolute atomic E-state index is 0.0201. The third-order valence-corrected chi connectivity index (χ3v) is 3.47. The predicted molar refractivity (Wildman–Crippen MR) is 82.0 cm³/mol. The Bertz CT molecular complexity index is 727. The molecule has 2 N–H and O–H groups in total. The highest BCUT2D eigenvalue weighted by Crippen LogP contribution is 2.17. The fraction of sp³-hybridized carbons (Fsp3) is 0.312. The number of aromatic nitrogens is 2. The van der Waals surface area contributed by atoms with E-state index in [1.807, 2.05) is 0 Å². The van der Waals surface area contributed by atoms with E-state index in [2.05, 4.69) is 10.4 Å². The number of nitrogens with one attached hydrogen (secondary N) is 1. The second-order valence-corrected chi connectivity index (χ2v) is 5.42. The van der Waals surface area contributed by atoms with Crippen LogP contribution in [-0.2, 0) is 4.79 Å². The number of hydrogen-bond acceptors (Lipinski definition) is 3. The van der Waals surface area contributed by atoms with Crippen molar-refractivity contribution in [3.05, 3.63) is 47.5 Å². The molecule has 0 aliphatic carbocycles. The van der Waals surface area contributed by atoms with Gasteiger partial charge in [0.25, 0.3) is 5.91 Å². The van der Waals surface area contributed by atoms with E-state index < -0.39 is 11.8 Å². The standard InChI is InChI=1S/C16H18FN3O3/c1-10(7-15(21)22)8-18-16(23)12-9-19-20(11(12)2)14-6-4-3-5-13(14)17/h3-6,9-10H,7-8H2,1-2H3,(H,18,23)(H,21,22). The van der Waals surface area contributed by atoms with Crippen molar-refractivity contribution in [1.82, 2.24) is 15.1 Å². The van der Waals surface area contributed by atoms with Gasteiger partial charge in [-0.15, -0.1) is 0 Å². The molecule has 0 saturated heterocycles. The molecule has 0 aliphatic heterocycles. The highest BCUT2D eigenvalue weighted by Gasteiger charge is 2.17. The molecule has 122 valence electrons. The summed E-state index contributed by atoms with van der Waals surface area (Å²) in [6.45, 7) is 3.66. The minimum Gasteiger partial charge on any atom is -0.481 e.